The van der Waals surface area contributed by atoms with Crippen molar-refractivity contribution in [1.29, 1.82) is 0 Å². The molecule has 0 bridgehead atoms. The molecular weight excluding hydrogens is 268 g/mol. The molecule has 0 fully saturated rings. The van der Waals surface area contributed by atoms with Crippen LogP contribution in [0.25, 0.3) is 11.0 Å². The Bertz CT molecular complexity index is 623. The topological polar surface area (TPSA) is 84.4 Å². The Hall–Kier alpha value is -1.92. The largest absolute Gasteiger partial charge is 0.481 e. The van der Waals surface area contributed by atoms with E-state index in [2.05, 4.69) is 16.5 Å². The molecule has 1 heterocycles. The van der Waals surface area contributed by atoms with Crippen LogP contribution in [0.1, 0.15) is 25.2 Å². The average Bonchev–Trinajstić information content (AvgIpc) is 2.82. The number of imidazole rings is 1. The van der Waals surface area contributed by atoms with Crippen molar-refractivity contribution in [2.45, 2.75) is 25.9 Å². The first-order chi connectivity index (χ1) is 10.0. The first-order valence-corrected chi connectivity index (χ1v) is 7.09. The molecule has 0 saturated carbocycles. The zero-order valence-corrected chi connectivity index (χ0v) is 12.5. The third kappa shape index (κ3) is 3.59. The molecule has 0 spiro atoms. The molecule has 1 aromatic carbocycles. The molecule has 1 atom stereocenters. The maximum Gasteiger partial charge on any atom is 0.304 e. The molecule has 0 aliphatic heterocycles. The zero-order valence-electron chi connectivity index (χ0n) is 12.5. The Morgan fingerprint density at radius 2 is 2.19 bits per heavy atom. The fourth-order valence-corrected chi connectivity index (χ4v) is 2.41. The van der Waals surface area contributed by atoms with E-state index >= 15 is 0 Å². The number of hydrogen-bond donors (Lipinski definition) is 2. The van der Waals surface area contributed by atoms with Gasteiger partial charge < -0.3 is 15.4 Å². The molecule has 0 aliphatic rings. The summed E-state index contributed by atoms with van der Waals surface area (Å²) in [5.74, 6) is 0.132. The summed E-state index contributed by atoms with van der Waals surface area (Å²) in [7, 11) is 1.90. The molecule has 0 radical (unpaired) electrons. The lowest BCUT2D eigenvalue weighted by Crippen LogP contribution is -2.25. The third-order valence-electron chi connectivity index (χ3n) is 3.57. The summed E-state index contributed by atoms with van der Waals surface area (Å²) >= 11 is 0. The van der Waals surface area contributed by atoms with Crippen LogP contribution in [0, 0.1) is 0 Å². The van der Waals surface area contributed by atoms with Crippen molar-refractivity contribution in [2.75, 3.05) is 20.1 Å². The molecule has 1 unspecified atom stereocenters. The Balaban J connectivity index is 2.27. The van der Waals surface area contributed by atoms with Gasteiger partial charge in [0.25, 0.3) is 0 Å². The highest BCUT2D eigenvalue weighted by Gasteiger charge is 2.16. The molecule has 0 aliphatic carbocycles. The Morgan fingerprint density at radius 1 is 1.48 bits per heavy atom. The number of aromatic nitrogens is 2. The van der Waals surface area contributed by atoms with Gasteiger partial charge in [0.1, 0.15) is 5.82 Å². The Morgan fingerprint density at radius 3 is 2.86 bits per heavy atom. The summed E-state index contributed by atoms with van der Waals surface area (Å²) in [6.45, 7) is 3.70. The summed E-state index contributed by atoms with van der Waals surface area (Å²) < 4.78 is 2.15. The first-order valence-electron chi connectivity index (χ1n) is 7.09. The van der Waals surface area contributed by atoms with Gasteiger partial charge in [-0.1, -0.05) is 12.1 Å². The lowest BCUT2D eigenvalue weighted by atomic mass is 10.2. The van der Waals surface area contributed by atoms with Crippen molar-refractivity contribution < 1.29 is 9.90 Å². The van der Waals surface area contributed by atoms with Crippen LogP contribution in [0.2, 0.25) is 0 Å². The molecule has 6 nitrogen and oxygen atoms in total. The smallest absolute Gasteiger partial charge is 0.304 e. The maximum absolute atomic E-state index is 10.7. The van der Waals surface area contributed by atoms with Gasteiger partial charge >= 0.3 is 5.97 Å². The van der Waals surface area contributed by atoms with Crippen LogP contribution in [-0.2, 0) is 11.3 Å². The van der Waals surface area contributed by atoms with Gasteiger partial charge in [-0.25, -0.2) is 4.98 Å². The summed E-state index contributed by atoms with van der Waals surface area (Å²) in [6, 6.07) is 8.12. The summed E-state index contributed by atoms with van der Waals surface area (Å²) in [5.41, 5.74) is 7.82. The highest BCUT2D eigenvalue weighted by atomic mass is 16.4. The predicted octanol–water partition coefficient (Wildman–Crippen LogP) is 1.46. The number of rotatable bonds is 7. The molecular formula is C15H22N4O2. The second-order valence-electron chi connectivity index (χ2n) is 5.35. The van der Waals surface area contributed by atoms with Crippen molar-refractivity contribution in [3.8, 4) is 0 Å². The second kappa shape index (κ2) is 6.69. The van der Waals surface area contributed by atoms with Gasteiger partial charge in [0.2, 0.25) is 0 Å². The van der Waals surface area contributed by atoms with Gasteiger partial charge in [-0.15, -0.1) is 0 Å². The van der Waals surface area contributed by atoms with Gasteiger partial charge in [0.05, 0.1) is 24.0 Å². The maximum atomic E-state index is 10.7. The normalized spacial score (nSPS) is 13.0. The fraction of sp³-hybridized carbons (Fsp3) is 0.467. The van der Waals surface area contributed by atoms with Gasteiger partial charge in [-0.2, -0.15) is 0 Å². The van der Waals surface area contributed by atoms with Crippen molar-refractivity contribution in [1.82, 2.24) is 14.5 Å². The van der Waals surface area contributed by atoms with Crippen LogP contribution in [0.15, 0.2) is 24.3 Å². The minimum Gasteiger partial charge on any atom is -0.481 e. The van der Waals surface area contributed by atoms with E-state index in [9.17, 15) is 4.79 Å². The molecule has 114 valence electrons. The van der Waals surface area contributed by atoms with E-state index in [1.807, 2.05) is 36.2 Å². The first kappa shape index (κ1) is 15.5. The number of nitrogens with zero attached hydrogens (tertiary/aromatic N) is 3. The van der Waals surface area contributed by atoms with Crippen molar-refractivity contribution in [3.05, 3.63) is 30.1 Å². The van der Waals surface area contributed by atoms with E-state index in [1.54, 1.807) is 0 Å². The number of nitrogens with two attached hydrogens (primary N) is 1. The van der Waals surface area contributed by atoms with E-state index in [-0.39, 0.29) is 12.5 Å². The molecule has 0 amide bonds. The number of fused-ring (bicyclic) bond motifs is 1. The summed E-state index contributed by atoms with van der Waals surface area (Å²) in [6.07, 6.45) is 0.128. The molecule has 2 aromatic rings. The SMILES string of the molecule is CC(CN)n1c(CN(C)CCC(=O)O)nc2ccccc21. The number of benzene rings is 1. The van der Waals surface area contributed by atoms with Gasteiger partial charge in [0, 0.05) is 19.1 Å². The number of para-hydroxylation sites is 2. The quantitative estimate of drug-likeness (QED) is 0.806. The standard InChI is InChI=1S/C15H22N4O2/c1-11(9-16)19-13-6-4-3-5-12(13)17-14(19)10-18(2)8-7-15(20)21/h3-6,11H,7-10,16H2,1-2H3,(H,20,21). The van der Waals surface area contributed by atoms with E-state index in [0.717, 1.165) is 16.9 Å². The van der Waals surface area contributed by atoms with Crippen LogP contribution in [0.4, 0.5) is 0 Å². The molecule has 3 N–H and O–H groups in total. The monoisotopic (exact) mass is 290 g/mol. The highest BCUT2D eigenvalue weighted by molar-refractivity contribution is 5.76. The van der Waals surface area contributed by atoms with Crippen molar-refractivity contribution >= 4 is 17.0 Å². The molecule has 1 aromatic heterocycles. The lowest BCUT2D eigenvalue weighted by molar-refractivity contribution is -0.137. The van der Waals surface area contributed by atoms with E-state index in [4.69, 9.17) is 10.8 Å². The van der Waals surface area contributed by atoms with Crippen LogP contribution < -0.4 is 5.73 Å². The lowest BCUT2D eigenvalue weighted by Gasteiger charge is -2.19. The predicted molar refractivity (Wildman–Crippen MR) is 82.1 cm³/mol. The minimum atomic E-state index is -0.786. The average molecular weight is 290 g/mol. The Kier molecular flexibility index (Phi) is 4.93. The number of carboxylic acids is 1. The summed E-state index contributed by atoms with van der Waals surface area (Å²) in [4.78, 5) is 17.3. The van der Waals surface area contributed by atoms with Crippen LogP contribution in [0.3, 0.4) is 0 Å². The second-order valence-corrected chi connectivity index (χ2v) is 5.35. The van der Waals surface area contributed by atoms with Crippen LogP contribution in [0.5, 0.6) is 0 Å². The third-order valence-corrected chi connectivity index (χ3v) is 3.57. The van der Waals surface area contributed by atoms with Crippen LogP contribution in [-0.4, -0.2) is 45.7 Å². The van der Waals surface area contributed by atoms with Crippen molar-refractivity contribution in [3.63, 3.8) is 0 Å². The molecule has 2 rings (SSSR count). The molecule has 21 heavy (non-hydrogen) atoms. The number of hydrogen-bond acceptors (Lipinski definition) is 4. The fourth-order valence-electron chi connectivity index (χ4n) is 2.41. The highest BCUT2D eigenvalue weighted by Crippen LogP contribution is 2.21. The Labute approximate surface area is 124 Å². The van der Waals surface area contributed by atoms with E-state index in [0.29, 0.717) is 19.6 Å². The van der Waals surface area contributed by atoms with Gasteiger partial charge in [-0.3, -0.25) is 9.69 Å². The number of carbonyl (C=O) groups is 1. The number of carboxylic acid groups (broad SMARTS) is 1. The minimum absolute atomic E-state index is 0.128. The van der Waals surface area contributed by atoms with E-state index < -0.39 is 5.97 Å². The van der Waals surface area contributed by atoms with Gasteiger partial charge in [0.15, 0.2) is 0 Å². The van der Waals surface area contributed by atoms with E-state index in [1.165, 1.54) is 0 Å². The summed E-state index contributed by atoms with van der Waals surface area (Å²) in [5, 5.41) is 8.76. The zero-order chi connectivity index (χ0) is 15.4. The molecule has 6 heteroatoms. The van der Waals surface area contributed by atoms with Crippen LogP contribution >= 0.6 is 0 Å². The van der Waals surface area contributed by atoms with Crippen molar-refractivity contribution in [2.24, 2.45) is 5.73 Å². The number of aliphatic carboxylic acids is 1. The molecule has 0 saturated heterocycles. The van der Waals surface area contributed by atoms with Gasteiger partial charge in [-0.05, 0) is 26.1 Å².